The van der Waals surface area contributed by atoms with Gasteiger partial charge >= 0.3 is 5.97 Å². The van der Waals surface area contributed by atoms with Gasteiger partial charge in [-0.05, 0) is 43.3 Å². The number of nitrogens with one attached hydrogen (secondary N) is 1. The van der Waals surface area contributed by atoms with Gasteiger partial charge in [-0.3, -0.25) is 4.79 Å². The molecular weight excluding hydrogens is 306 g/mol. The molecule has 114 valence electrons. The first-order valence-corrected chi connectivity index (χ1v) is 6.96. The predicted molar refractivity (Wildman–Crippen MR) is 84.0 cm³/mol. The van der Waals surface area contributed by atoms with Crippen molar-refractivity contribution in [3.63, 3.8) is 0 Å². The van der Waals surface area contributed by atoms with Gasteiger partial charge in [0.15, 0.2) is 0 Å². The molecule has 5 nitrogen and oxygen atoms in total. The molecule has 0 aliphatic heterocycles. The monoisotopic (exact) mass is 319 g/mol. The zero-order valence-corrected chi connectivity index (χ0v) is 12.6. The van der Waals surface area contributed by atoms with Crippen LogP contribution < -0.4 is 10.1 Å². The van der Waals surface area contributed by atoms with Crippen LogP contribution in [0.15, 0.2) is 42.5 Å². The van der Waals surface area contributed by atoms with Crippen LogP contribution in [-0.4, -0.2) is 23.6 Å². The molecule has 2 aromatic carbocycles. The second-order valence-electron chi connectivity index (χ2n) is 4.41. The molecule has 6 heteroatoms. The van der Waals surface area contributed by atoms with Crippen LogP contribution in [0.4, 0.5) is 5.69 Å². The molecule has 0 spiro atoms. The first-order valence-electron chi connectivity index (χ1n) is 6.58. The van der Waals surface area contributed by atoms with Gasteiger partial charge in [0.05, 0.1) is 17.9 Å². The maximum absolute atomic E-state index is 12.3. The highest BCUT2D eigenvalue weighted by Crippen LogP contribution is 2.22. The lowest BCUT2D eigenvalue weighted by Gasteiger charge is -2.10. The van der Waals surface area contributed by atoms with Gasteiger partial charge in [0.25, 0.3) is 5.91 Å². The van der Waals surface area contributed by atoms with E-state index in [1.54, 1.807) is 24.3 Å². The van der Waals surface area contributed by atoms with Gasteiger partial charge in [0, 0.05) is 10.6 Å². The van der Waals surface area contributed by atoms with Crippen LogP contribution in [0.3, 0.4) is 0 Å². The van der Waals surface area contributed by atoms with Crippen molar-refractivity contribution in [1.82, 2.24) is 0 Å². The molecule has 0 fully saturated rings. The van der Waals surface area contributed by atoms with E-state index in [1.165, 1.54) is 18.2 Å². The normalized spacial score (nSPS) is 10.1. The van der Waals surface area contributed by atoms with E-state index in [9.17, 15) is 9.59 Å². The molecule has 1 amide bonds. The van der Waals surface area contributed by atoms with Crippen LogP contribution in [0, 0.1) is 0 Å². The maximum Gasteiger partial charge on any atom is 0.337 e. The first kappa shape index (κ1) is 15.9. The Morgan fingerprint density at radius 2 is 2.00 bits per heavy atom. The molecule has 0 saturated carbocycles. The van der Waals surface area contributed by atoms with Crippen molar-refractivity contribution < 1.29 is 19.4 Å². The lowest BCUT2D eigenvalue weighted by atomic mass is 10.1. The summed E-state index contributed by atoms with van der Waals surface area (Å²) in [7, 11) is 0. The molecule has 0 heterocycles. The second kappa shape index (κ2) is 6.95. The Bertz CT molecular complexity index is 715. The third kappa shape index (κ3) is 3.77. The van der Waals surface area contributed by atoms with Crippen LogP contribution in [0.5, 0.6) is 5.75 Å². The van der Waals surface area contributed by atoms with Gasteiger partial charge in [-0.25, -0.2) is 4.79 Å². The summed E-state index contributed by atoms with van der Waals surface area (Å²) >= 11 is 5.85. The van der Waals surface area contributed by atoms with Crippen molar-refractivity contribution in [2.45, 2.75) is 6.92 Å². The van der Waals surface area contributed by atoms with E-state index in [-0.39, 0.29) is 11.3 Å². The first-order chi connectivity index (χ1) is 10.5. The molecule has 0 unspecified atom stereocenters. The largest absolute Gasteiger partial charge is 0.494 e. The number of rotatable bonds is 5. The maximum atomic E-state index is 12.3. The summed E-state index contributed by atoms with van der Waals surface area (Å²) in [5.41, 5.74) is 0.479. The van der Waals surface area contributed by atoms with Crippen molar-refractivity contribution in [3.05, 3.63) is 58.6 Å². The average molecular weight is 320 g/mol. The third-order valence-corrected chi connectivity index (χ3v) is 3.10. The minimum Gasteiger partial charge on any atom is -0.494 e. The number of carboxylic acid groups (broad SMARTS) is 1. The van der Waals surface area contributed by atoms with Crippen molar-refractivity contribution in [3.8, 4) is 5.75 Å². The molecule has 2 N–H and O–H groups in total. The van der Waals surface area contributed by atoms with Gasteiger partial charge in [-0.2, -0.15) is 0 Å². The molecule has 0 atom stereocenters. The molecule has 2 aromatic rings. The molecule has 0 aliphatic carbocycles. The van der Waals surface area contributed by atoms with Crippen LogP contribution in [0.2, 0.25) is 5.02 Å². The smallest absolute Gasteiger partial charge is 0.337 e. The standard InChI is InChI=1S/C16H14ClNO4/c1-2-22-12-5-3-4-10(8-12)15(19)18-14-9-11(17)6-7-13(14)16(20)21/h3-9H,2H2,1H3,(H,18,19)(H,20,21). The van der Waals surface area contributed by atoms with E-state index in [0.29, 0.717) is 22.9 Å². The Kier molecular flexibility index (Phi) is 5.01. The highest BCUT2D eigenvalue weighted by molar-refractivity contribution is 6.31. The van der Waals surface area contributed by atoms with Crippen LogP contribution >= 0.6 is 11.6 Å². The van der Waals surface area contributed by atoms with E-state index >= 15 is 0 Å². The van der Waals surface area contributed by atoms with Crippen molar-refractivity contribution >= 4 is 29.2 Å². The molecule has 0 aliphatic rings. The zero-order chi connectivity index (χ0) is 16.1. The minimum atomic E-state index is -1.14. The van der Waals surface area contributed by atoms with E-state index in [2.05, 4.69) is 5.32 Å². The van der Waals surface area contributed by atoms with Gasteiger partial charge < -0.3 is 15.2 Å². The highest BCUT2D eigenvalue weighted by Gasteiger charge is 2.14. The SMILES string of the molecule is CCOc1cccc(C(=O)Nc2cc(Cl)ccc2C(=O)O)c1. The van der Waals surface area contributed by atoms with Gasteiger partial charge in [0.2, 0.25) is 0 Å². The highest BCUT2D eigenvalue weighted by atomic mass is 35.5. The number of benzene rings is 2. The number of carboxylic acids is 1. The van der Waals surface area contributed by atoms with Crippen LogP contribution in [-0.2, 0) is 0 Å². The lowest BCUT2D eigenvalue weighted by Crippen LogP contribution is -2.15. The summed E-state index contributed by atoms with van der Waals surface area (Å²) in [6.45, 7) is 2.33. The fourth-order valence-electron chi connectivity index (χ4n) is 1.89. The average Bonchev–Trinajstić information content (AvgIpc) is 2.47. The fourth-order valence-corrected chi connectivity index (χ4v) is 2.07. The number of carbonyl (C=O) groups is 2. The van der Waals surface area contributed by atoms with E-state index < -0.39 is 11.9 Å². The van der Waals surface area contributed by atoms with Crippen molar-refractivity contribution in [2.24, 2.45) is 0 Å². The Morgan fingerprint density at radius 3 is 2.68 bits per heavy atom. The molecule has 0 radical (unpaired) electrons. The van der Waals surface area contributed by atoms with Gasteiger partial charge in [0.1, 0.15) is 5.75 Å². The summed E-state index contributed by atoms with van der Waals surface area (Å²) in [5.74, 6) is -1.01. The number of anilines is 1. The third-order valence-electron chi connectivity index (χ3n) is 2.87. The number of hydrogen-bond donors (Lipinski definition) is 2. The quantitative estimate of drug-likeness (QED) is 0.881. The van der Waals surface area contributed by atoms with Gasteiger partial charge in [-0.1, -0.05) is 17.7 Å². The number of halogens is 1. The predicted octanol–water partition coefficient (Wildman–Crippen LogP) is 3.69. The number of ether oxygens (including phenoxy) is 1. The van der Waals surface area contributed by atoms with Crippen molar-refractivity contribution in [2.75, 3.05) is 11.9 Å². The molecule has 22 heavy (non-hydrogen) atoms. The number of carbonyl (C=O) groups excluding carboxylic acids is 1. The fraction of sp³-hybridized carbons (Fsp3) is 0.125. The Morgan fingerprint density at radius 1 is 1.23 bits per heavy atom. The van der Waals surface area contributed by atoms with E-state index in [1.807, 2.05) is 6.92 Å². The Hall–Kier alpha value is -2.53. The zero-order valence-electron chi connectivity index (χ0n) is 11.8. The van der Waals surface area contributed by atoms with E-state index in [0.717, 1.165) is 0 Å². The van der Waals surface area contributed by atoms with Crippen molar-refractivity contribution in [1.29, 1.82) is 0 Å². The summed E-state index contributed by atoms with van der Waals surface area (Å²) in [4.78, 5) is 23.4. The van der Waals surface area contributed by atoms with Gasteiger partial charge in [-0.15, -0.1) is 0 Å². The minimum absolute atomic E-state index is 0.0290. The molecule has 2 rings (SSSR count). The summed E-state index contributed by atoms with van der Waals surface area (Å²) < 4.78 is 5.33. The summed E-state index contributed by atoms with van der Waals surface area (Å²) in [6, 6.07) is 10.8. The van der Waals surface area contributed by atoms with Crippen LogP contribution in [0.25, 0.3) is 0 Å². The molecule has 0 aromatic heterocycles. The molecule has 0 saturated heterocycles. The Balaban J connectivity index is 2.27. The van der Waals surface area contributed by atoms with E-state index in [4.69, 9.17) is 21.4 Å². The summed E-state index contributed by atoms with van der Waals surface area (Å²) in [6.07, 6.45) is 0. The number of amides is 1. The Labute approximate surface area is 132 Å². The number of aromatic carboxylic acids is 1. The molecular formula is C16H14ClNO4. The number of hydrogen-bond acceptors (Lipinski definition) is 3. The van der Waals surface area contributed by atoms with Crippen LogP contribution in [0.1, 0.15) is 27.6 Å². The molecule has 0 bridgehead atoms. The summed E-state index contributed by atoms with van der Waals surface area (Å²) in [5, 5.41) is 12.0. The lowest BCUT2D eigenvalue weighted by molar-refractivity contribution is 0.0698. The second-order valence-corrected chi connectivity index (χ2v) is 4.85. The topological polar surface area (TPSA) is 75.6 Å².